The Morgan fingerprint density at radius 1 is 1.47 bits per heavy atom. The molecule has 0 aromatic rings. The molecule has 0 spiro atoms. The number of hydrogen-bond donors (Lipinski definition) is 2. The Kier molecular flexibility index (Phi) is 4.58. The van der Waals surface area contributed by atoms with Gasteiger partial charge in [-0.15, -0.1) is 0 Å². The zero-order valence-electron chi connectivity index (χ0n) is 9.99. The van der Waals surface area contributed by atoms with Crippen molar-refractivity contribution in [2.45, 2.75) is 58.5 Å². The van der Waals surface area contributed by atoms with Gasteiger partial charge in [0.25, 0.3) is 0 Å². The second kappa shape index (κ2) is 5.50. The first-order valence-corrected chi connectivity index (χ1v) is 5.98. The van der Waals surface area contributed by atoms with Crippen LogP contribution >= 0.6 is 0 Å². The molecule has 1 rings (SSSR count). The van der Waals surface area contributed by atoms with Gasteiger partial charge in [0.15, 0.2) is 0 Å². The molecule has 0 amide bonds. The minimum absolute atomic E-state index is 0.0836. The van der Waals surface area contributed by atoms with E-state index in [0.717, 1.165) is 5.92 Å². The van der Waals surface area contributed by atoms with Crippen LogP contribution < -0.4 is 5.32 Å². The molecule has 1 saturated carbocycles. The zero-order chi connectivity index (χ0) is 11.4. The standard InChI is InChI=1S/C12H23NO2/c1-8-5-4-6-11(10(8)3)13-9(2)7-12(14)15/h8-11,13H,4-7H2,1-3H3,(H,14,15). The molecule has 0 saturated heterocycles. The van der Waals surface area contributed by atoms with Gasteiger partial charge >= 0.3 is 5.97 Å². The molecule has 1 fully saturated rings. The molecule has 0 radical (unpaired) electrons. The van der Waals surface area contributed by atoms with Crippen LogP contribution in [0.2, 0.25) is 0 Å². The van der Waals surface area contributed by atoms with Crippen LogP contribution in [0.5, 0.6) is 0 Å². The van der Waals surface area contributed by atoms with Crippen LogP contribution in [-0.2, 0) is 4.79 Å². The van der Waals surface area contributed by atoms with E-state index in [9.17, 15) is 4.79 Å². The van der Waals surface area contributed by atoms with Gasteiger partial charge in [0, 0.05) is 12.1 Å². The summed E-state index contributed by atoms with van der Waals surface area (Å²) in [5.74, 6) is 0.704. The van der Waals surface area contributed by atoms with Crippen LogP contribution in [0, 0.1) is 11.8 Å². The summed E-state index contributed by atoms with van der Waals surface area (Å²) in [6.07, 6.45) is 3.99. The molecule has 1 aliphatic rings. The SMILES string of the molecule is CC(CC(=O)O)NC1CCCC(C)C1C. The first kappa shape index (κ1) is 12.5. The van der Waals surface area contributed by atoms with Gasteiger partial charge in [-0.25, -0.2) is 0 Å². The number of nitrogens with one attached hydrogen (secondary N) is 1. The third-order valence-electron chi connectivity index (χ3n) is 3.69. The number of aliphatic carboxylic acids is 1. The molecule has 4 atom stereocenters. The van der Waals surface area contributed by atoms with Crippen molar-refractivity contribution in [2.75, 3.05) is 0 Å². The van der Waals surface area contributed by atoms with Crippen LogP contribution in [0.3, 0.4) is 0 Å². The summed E-state index contributed by atoms with van der Waals surface area (Å²) < 4.78 is 0. The molecule has 0 aliphatic heterocycles. The van der Waals surface area contributed by atoms with Gasteiger partial charge in [-0.2, -0.15) is 0 Å². The molecule has 15 heavy (non-hydrogen) atoms. The van der Waals surface area contributed by atoms with Crippen LogP contribution in [0.25, 0.3) is 0 Å². The normalized spacial score (nSPS) is 33.7. The Labute approximate surface area is 92.3 Å². The molecular formula is C12H23NO2. The highest BCUT2D eigenvalue weighted by Gasteiger charge is 2.27. The van der Waals surface area contributed by atoms with E-state index in [4.69, 9.17) is 5.11 Å². The molecule has 0 bridgehead atoms. The van der Waals surface area contributed by atoms with Crippen molar-refractivity contribution in [1.82, 2.24) is 5.32 Å². The van der Waals surface area contributed by atoms with E-state index in [0.29, 0.717) is 12.0 Å². The average Bonchev–Trinajstić information content (AvgIpc) is 2.11. The monoisotopic (exact) mass is 213 g/mol. The molecule has 0 aromatic heterocycles. The van der Waals surface area contributed by atoms with E-state index >= 15 is 0 Å². The fourth-order valence-electron chi connectivity index (χ4n) is 2.50. The Morgan fingerprint density at radius 2 is 2.13 bits per heavy atom. The Balaban J connectivity index is 2.39. The van der Waals surface area contributed by atoms with Gasteiger partial charge in [0.05, 0.1) is 6.42 Å². The van der Waals surface area contributed by atoms with Crippen LogP contribution in [0.1, 0.15) is 46.5 Å². The summed E-state index contributed by atoms with van der Waals surface area (Å²) in [5.41, 5.74) is 0. The molecular weight excluding hydrogens is 190 g/mol. The summed E-state index contributed by atoms with van der Waals surface area (Å²) in [6.45, 7) is 6.52. The Morgan fingerprint density at radius 3 is 2.73 bits per heavy atom. The van der Waals surface area contributed by atoms with Gasteiger partial charge in [-0.3, -0.25) is 4.79 Å². The first-order chi connectivity index (χ1) is 7.00. The van der Waals surface area contributed by atoms with Gasteiger partial charge < -0.3 is 10.4 Å². The van der Waals surface area contributed by atoms with Crippen molar-refractivity contribution in [1.29, 1.82) is 0 Å². The predicted molar refractivity (Wildman–Crippen MR) is 60.8 cm³/mol. The fourth-order valence-corrected chi connectivity index (χ4v) is 2.50. The lowest BCUT2D eigenvalue weighted by Gasteiger charge is -2.36. The lowest BCUT2D eigenvalue weighted by molar-refractivity contribution is -0.137. The van der Waals surface area contributed by atoms with Crippen LogP contribution in [0.15, 0.2) is 0 Å². The van der Waals surface area contributed by atoms with Gasteiger partial charge in [0.1, 0.15) is 0 Å². The first-order valence-electron chi connectivity index (χ1n) is 5.98. The third kappa shape index (κ3) is 3.82. The van der Waals surface area contributed by atoms with E-state index in [1.165, 1.54) is 19.3 Å². The highest BCUT2D eigenvalue weighted by atomic mass is 16.4. The molecule has 1 aliphatic carbocycles. The van der Waals surface area contributed by atoms with Crippen molar-refractivity contribution in [2.24, 2.45) is 11.8 Å². The van der Waals surface area contributed by atoms with E-state index in [2.05, 4.69) is 19.2 Å². The highest BCUT2D eigenvalue weighted by molar-refractivity contribution is 5.67. The van der Waals surface area contributed by atoms with Crippen LogP contribution in [0.4, 0.5) is 0 Å². The highest BCUT2D eigenvalue weighted by Crippen LogP contribution is 2.29. The van der Waals surface area contributed by atoms with E-state index in [1.54, 1.807) is 0 Å². The Hall–Kier alpha value is -0.570. The van der Waals surface area contributed by atoms with Crippen molar-refractivity contribution in [3.8, 4) is 0 Å². The lowest BCUT2D eigenvalue weighted by atomic mass is 9.78. The minimum atomic E-state index is -0.716. The summed E-state index contributed by atoms with van der Waals surface area (Å²) in [6, 6.07) is 0.586. The molecule has 4 unspecified atom stereocenters. The zero-order valence-corrected chi connectivity index (χ0v) is 9.99. The predicted octanol–water partition coefficient (Wildman–Crippen LogP) is 2.26. The van der Waals surface area contributed by atoms with Gasteiger partial charge in [-0.1, -0.05) is 26.7 Å². The summed E-state index contributed by atoms with van der Waals surface area (Å²) in [4.78, 5) is 10.6. The largest absolute Gasteiger partial charge is 0.481 e. The molecule has 0 aromatic carbocycles. The minimum Gasteiger partial charge on any atom is -0.481 e. The smallest absolute Gasteiger partial charge is 0.304 e. The van der Waals surface area contributed by atoms with Crippen molar-refractivity contribution >= 4 is 5.97 Å². The number of hydrogen-bond acceptors (Lipinski definition) is 2. The van der Waals surface area contributed by atoms with E-state index in [1.807, 2.05) is 6.92 Å². The van der Waals surface area contributed by atoms with Crippen molar-refractivity contribution in [3.63, 3.8) is 0 Å². The van der Waals surface area contributed by atoms with Gasteiger partial charge in [-0.05, 0) is 25.2 Å². The van der Waals surface area contributed by atoms with Gasteiger partial charge in [0.2, 0.25) is 0 Å². The van der Waals surface area contributed by atoms with E-state index in [-0.39, 0.29) is 12.5 Å². The maximum atomic E-state index is 10.6. The molecule has 3 heteroatoms. The summed E-state index contributed by atoms with van der Waals surface area (Å²) in [5, 5.41) is 12.1. The topological polar surface area (TPSA) is 49.3 Å². The summed E-state index contributed by atoms with van der Waals surface area (Å²) >= 11 is 0. The van der Waals surface area contributed by atoms with Crippen molar-refractivity contribution in [3.05, 3.63) is 0 Å². The van der Waals surface area contributed by atoms with Crippen LogP contribution in [-0.4, -0.2) is 23.2 Å². The van der Waals surface area contributed by atoms with E-state index < -0.39 is 5.97 Å². The third-order valence-corrected chi connectivity index (χ3v) is 3.69. The fraction of sp³-hybridized carbons (Fsp3) is 0.917. The summed E-state index contributed by atoms with van der Waals surface area (Å²) in [7, 11) is 0. The number of rotatable bonds is 4. The number of carboxylic acid groups (broad SMARTS) is 1. The maximum Gasteiger partial charge on any atom is 0.304 e. The second-order valence-corrected chi connectivity index (χ2v) is 5.04. The second-order valence-electron chi connectivity index (χ2n) is 5.04. The van der Waals surface area contributed by atoms with Crippen molar-refractivity contribution < 1.29 is 9.90 Å². The average molecular weight is 213 g/mol. The molecule has 88 valence electrons. The lowest BCUT2D eigenvalue weighted by Crippen LogP contribution is -2.45. The number of carboxylic acids is 1. The quantitative estimate of drug-likeness (QED) is 0.753. The number of carbonyl (C=O) groups is 1. The molecule has 3 nitrogen and oxygen atoms in total. The molecule has 0 heterocycles. The maximum absolute atomic E-state index is 10.6. The molecule has 2 N–H and O–H groups in total. The Bertz CT molecular complexity index is 218.